The fourth-order valence-corrected chi connectivity index (χ4v) is 4.37. The monoisotopic (exact) mass is 446 g/mol. The van der Waals surface area contributed by atoms with Crippen molar-refractivity contribution in [1.82, 2.24) is 15.3 Å². The molecule has 1 amide bonds. The Hall–Kier alpha value is -2.85. The number of carbonyl (C=O) groups is 2. The number of nitrogens with zero attached hydrogens (tertiary/aromatic N) is 2. The highest BCUT2D eigenvalue weighted by Gasteiger charge is 2.22. The maximum atomic E-state index is 12.6. The van der Waals surface area contributed by atoms with Crippen LogP contribution in [0.5, 0.6) is 5.75 Å². The first-order valence-corrected chi connectivity index (χ1v) is 11.0. The number of fused-ring (bicyclic) bond motifs is 1. The zero-order chi connectivity index (χ0) is 22.1. The van der Waals surface area contributed by atoms with Crippen LogP contribution in [0.1, 0.15) is 30.4 Å². The Morgan fingerprint density at radius 1 is 1.20 bits per heavy atom. The number of benzene rings is 1. The number of ether oxygens (including phenoxy) is 2. The molecule has 2 heterocycles. The molecule has 3 N–H and O–H groups in total. The predicted molar refractivity (Wildman–Crippen MR) is 119 cm³/mol. The summed E-state index contributed by atoms with van der Waals surface area (Å²) in [5.74, 6) is 0.0980. The first-order chi connectivity index (χ1) is 14.1. The number of thiophene rings is 1. The van der Waals surface area contributed by atoms with Gasteiger partial charge in [-0.3, -0.25) is 4.79 Å². The third-order valence-electron chi connectivity index (χ3n) is 3.94. The molecule has 0 saturated heterocycles. The van der Waals surface area contributed by atoms with E-state index in [1.54, 1.807) is 18.2 Å². The van der Waals surface area contributed by atoms with Crippen LogP contribution in [0.25, 0.3) is 21.5 Å². The molecule has 0 aliphatic carbocycles. The van der Waals surface area contributed by atoms with Crippen molar-refractivity contribution in [3.05, 3.63) is 29.4 Å². The second kappa shape index (κ2) is 8.49. The molecule has 10 heteroatoms. The molecule has 0 aliphatic rings. The second-order valence-corrected chi connectivity index (χ2v) is 9.26. The Kier molecular flexibility index (Phi) is 6.18. The minimum Gasteiger partial charge on any atom is -0.437 e. The van der Waals surface area contributed by atoms with Crippen LogP contribution in [0.2, 0.25) is 0 Å². The molecule has 30 heavy (non-hydrogen) atoms. The van der Waals surface area contributed by atoms with E-state index in [-0.39, 0.29) is 17.2 Å². The molecular weight excluding hydrogens is 424 g/mol. The summed E-state index contributed by atoms with van der Waals surface area (Å²) in [6, 6.07) is 5.08. The van der Waals surface area contributed by atoms with E-state index < -0.39 is 6.16 Å². The van der Waals surface area contributed by atoms with Crippen molar-refractivity contribution in [2.24, 2.45) is 0 Å². The number of thioether (sulfide) groups is 1. The van der Waals surface area contributed by atoms with E-state index in [9.17, 15) is 9.59 Å². The molecule has 0 unspecified atom stereocenters. The van der Waals surface area contributed by atoms with Gasteiger partial charge in [-0.15, -0.1) is 23.1 Å². The van der Waals surface area contributed by atoms with E-state index in [0.717, 1.165) is 0 Å². The minimum absolute atomic E-state index is 0.177. The van der Waals surface area contributed by atoms with Crippen molar-refractivity contribution in [3.8, 4) is 17.0 Å². The summed E-state index contributed by atoms with van der Waals surface area (Å²) < 4.78 is 9.87. The number of nitrogen functional groups attached to an aromatic ring is 1. The lowest BCUT2D eigenvalue weighted by molar-refractivity contribution is 0.0923. The lowest BCUT2D eigenvalue weighted by Crippen LogP contribution is -2.40. The molecule has 2 aromatic heterocycles. The molecule has 0 atom stereocenters. The number of hydrogen-bond acceptors (Lipinski definition) is 9. The van der Waals surface area contributed by atoms with Gasteiger partial charge in [-0.1, -0.05) is 0 Å². The van der Waals surface area contributed by atoms with Gasteiger partial charge in [0.05, 0.1) is 22.6 Å². The molecule has 158 valence electrons. The number of anilines is 1. The van der Waals surface area contributed by atoms with Gasteiger partial charge in [-0.05, 0) is 39.2 Å². The summed E-state index contributed by atoms with van der Waals surface area (Å²) in [6.07, 6.45) is 2.45. The number of nitrogens with two attached hydrogens (primary N) is 1. The maximum Gasteiger partial charge on any atom is 0.513 e. The van der Waals surface area contributed by atoms with Gasteiger partial charge in [0.1, 0.15) is 11.2 Å². The molecule has 0 bridgehead atoms. The third-order valence-corrected chi connectivity index (χ3v) is 5.81. The van der Waals surface area contributed by atoms with E-state index in [4.69, 9.17) is 10.5 Å². The van der Waals surface area contributed by atoms with Crippen LogP contribution in [-0.2, 0) is 4.74 Å². The number of methoxy groups -OCH3 is 1. The van der Waals surface area contributed by atoms with Crippen molar-refractivity contribution >= 4 is 51.1 Å². The lowest BCUT2D eigenvalue weighted by Gasteiger charge is -2.19. The second-order valence-electron chi connectivity index (χ2n) is 7.41. The van der Waals surface area contributed by atoms with Crippen LogP contribution < -0.4 is 15.8 Å². The first-order valence-electron chi connectivity index (χ1n) is 8.93. The van der Waals surface area contributed by atoms with Gasteiger partial charge >= 0.3 is 6.16 Å². The van der Waals surface area contributed by atoms with Crippen LogP contribution in [0, 0.1) is 0 Å². The number of hydrogen-bond donors (Lipinski definition) is 2. The summed E-state index contributed by atoms with van der Waals surface area (Å²) in [7, 11) is 1.23. The quantitative estimate of drug-likeness (QED) is 0.263. The summed E-state index contributed by atoms with van der Waals surface area (Å²) >= 11 is 2.67. The fraction of sp³-hybridized carbons (Fsp3) is 0.300. The Morgan fingerprint density at radius 2 is 1.93 bits per heavy atom. The van der Waals surface area contributed by atoms with Crippen molar-refractivity contribution in [3.63, 3.8) is 0 Å². The zero-order valence-electron chi connectivity index (χ0n) is 17.2. The van der Waals surface area contributed by atoms with Gasteiger partial charge in [-0.2, -0.15) is 0 Å². The van der Waals surface area contributed by atoms with Gasteiger partial charge in [0.25, 0.3) is 5.91 Å². The minimum atomic E-state index is -0.841. The highest BCUT2D eigenvalue weighted by molar-refractivity contribution is 7.98. The van der Waals surface area contributed by atoms with E-state index in [1.807, 2.05) is 27.0 Å². The molecule has 0 aliphatic heterocycles. The summed E-state index contributed by atoms with van der Waals surface area (Å²) in [4.78, 5) is 34.9. The molecule has 8 nitrogen and oxygen atoms in total. The van der Waals surface area contributed by atoms with E-state index in [1.165, 1.54) is 36.5 Å². The van der Waals surface area contributed by atoms with E-state index in [0.29, 0.717) is 36.9 Å². The Labute approximate surface area is 182 Å². The van der Waals surface area contributed by atoms with Crippen LogP contribution in [0.4, 0.5) is 10.5 Å². The number of amides is 1. The van der Waals surface area contributed by atoms with Gasteiger partial charge in [0, 0.05) is 28.2 Å². The highest BCUT2D eigenvalue weighted by atomic mass is 32.2. The zero-order valence-corrected chi connectivity index (χ0v) is 18.9. The summed E-state index contributed by atoms with van der Waals surface area (Å²) in [6.45, 7) is 5.76. The van der Waals surface area contributed by atoms with Crippen LogP contribution in [0.3, 0.4) is 0 Å². The summed E-state index contributed by atoms with van der Waals surface area (Å²) in [5.41, 5.74) is 7.37. The topological polar surface area (TPSA) is 116 Å². The van der Waals surface area contributed by atoms with Crippen molar-refractivity contribution in [2.45, 2.75) is 31.2 Å². The molecule has 0 saturated carbocycles. The van der Waals surface area contributed by atoms with Crippen molar-refractivity contribution in [1.29, 1.82) is 0 Å². The molecule has 3 aromatic rings. The van der Waals surface area contributed by atoms with Crippen molar-refractivity contribution < 1.29 is 19.1 Å². The lowest BCUT2D eigenvalue weighted by atomic mass is 10.1. The average Bonchev–Trinajstić information content (AvgIpc) is 3.10. The average molecular weight is 447 g/mol. The van der Waals surface area contributed by atoms with Crippen LogP contribution in [-0.4, -0.2) is 40.9 Å². The number of nitrogens with one attached hydrogen (secondary N) is 1. The molecular formula is C20H22N4O4S2. The predicted octanol–water partition coefficient (Wildman–Crippen LogP) is 4.34. The SMILES string of the molecule is COC(=O)Oc1cc(N)cc(-c2ncnc3sc(C(=O)NC(C)(C)C)cc23)c1SC. The van der Waals surface area contributed by atoms with Gasteiger partial charge in [0.2, 0.25) is 0 Å². The molecule has 0 fully saturated rings. The van der Waals surface area contributed by atoms with Gasteiger partial charge in [-0.25, -0.2) is 14.8 Å². The largest absolute Gasteiger partial charge is 0.513 e. The standard InChI is InChI=1S/C20H22N4O4S2/c1-20(2,3)24-17(25)14-8-12-15(22-9-23-18(12)30-14)11-6-10(21)7-13(16(11)29-5)28-19(26)27-4/h6-9H,21H2,1-5H3,(H,24,25). The van der Waals surface area contributed by atoms with Gasteiger partial charge in [0.15, 0.2) is 5.75 Å². The Morgan fingerprint density at radius 3 is 2.57 bits per heavy atom. The highest BCUT2D eigenvalue weighted by Crippen LogP contribution is 2.42. The number of carbonyl (C=O) groups excluding carboxylic acids is 2. The van der Waals surface area contributed by atoms with E-state index >= 15 is 0 Å². The number of aromatic nitrogens is 2. The van der Waals surface area contributed by atoms with Crippen LogP contribution >= 0.6 is 23.1 Å². The van der Waals surface area contributed by atoms with Crippen molar-refractivity contribution in [2.75, 3.05) is 19.1 Å². The van der Waals surface area contributed by atoms with E-state index in [2.05, 4.69) is 20.0 Å². The maximum absolute atomic E-state index is 12.6. The molecule has 1 aromatic carbocycles. The first kappa shape index (κ1) is 21.8. The normalized spacial score (nSPS) is 11.4. The number of rotatable bonds is 4. The Balaban J connectivity index is 2.15. The molecule has 3 rings (SSSR count). The van der Waals surface area contributed by atoms with Gasteiger partial charge < -0.3 is 20.5 Å². The fourth-order valence-electron chi connectivity index (χ4n) is 2.80. The molecule has 0 spiro atoms. The molecule has 0 radical (unpaired) electrons. The Bertz CT molecular complexity index is 1120. The summed E-state index contributed by atoms with van der Waals surface area (Å²) in [5, 5.41) is 3.67. The third kappa shape index (κ3) is 4.65. The van der Waals surface area contributed by atoms with Crippen LogP contribution in [0.15, 0.2) is 29.4 Å². The smallest absolute Gasteiger partial charge is 0.437 e.